The zero-order valence-corrected chi connectivity index (χ0v) is 19.4. The molecule has 7 nitrogen and oxygen atoms in total. The second-order valence-corrected chi connectivity index (χ2v) is 9.43. The van der Waals surface area contributed by atoms with Gasteiger partial charge < -0.3 is 19.6 Å². The van der Waals surface area contributed by atoms with Crippen LogP contribution in [0.15, 0.2) is 42.6 Å². The van der Waals surface area contributed by atoms with Gasteiger partial charge in [0.2, 0.25) is 5.91 Å². The molecule has 0 radical (unpaired) electrons. The molecule has 174 valence electrons. The topological polar surface area (TPSA) is 60.0 Å². The molecule has 3 aliphatic rings. The molecule has 1 aromatic heterocycles. The minimum Gasteiger partial charge on any atom is -0.370 e. The summed E-state index contributed by atoms with van der Waals surface area (Å²) in [6.07, 6.45) is 5.19. The second-order valence-electron chi connectivity index (χ2n) is 9.43. The van der Waals surface area contributed by atoms with E-state index < -0.39 is 0 Å². The summed E-state index contributed by atoms with van der Waals surface area (Å²) in [6.45, 7) is 5.83. The number of hydrogen-bond acceptors (Lipinski definition) is 5. The number of pyridine rings is 1. The van der Waals surface area contributed by atoms with Crippen molar-refractivity contribution < 1.29 is 9.59 Å². The molecule has 4 heterocycles. The number of para-hydroxylation sites is 1. The van der Waals surface area contributed by atoms with E-state index in [9.17, 15) is 9.59 Å². The van der Waals surface area contributed by atoms with Gasteiger partial charge in [0.1, 0.15) is 0 Å². The lowest BCUT2D eigenvalue weighted by molar-refractivity contribution is -0.132. The fraction of sp³-hybridized carbons (Fsp3) is 0.500. The van der Waals surface area contributed by atoms with Crippen molar-refractivity contribution in [3.05, 3.63) is 59.4 Å². The standard InChI is InChI=1S/C26H33N5O2/c1-28-15-17-30(18-16-28)26(33)21-8-9-22(27-19-21)24-7-4-12-31(24)25(32)11-14-29-13-10-20-5-2-3-6-23(20)29/h2-3,5-6,8-9,19,24H,4,7,10-18H2,1H3. The van der Waals surface area contributed by atoms with Crippen molar-refractivity contribution in [3.63, 3.8) is 0 Å². The van der Waals surface area contributed by atoms with E-state index in [1.807, 2.05) is 21.9 Å². The Morgan fingerprint density at radius 2 is 1.82 bits per heavy atom. The van der Waals surface area contributed by atoms with Gasteiger partial charge in [0.05, 0.1) is 17.3 Å². The highest BCUT2D eigenvalue weighted by atomic mass is 16.2. The summed E-state index contributed by atoms with van der Waals surface area (Å²) in [5.41, 5.74) is 4.17. The molecule has 33 heavy (non-hydrogen) atoms. The lowest BCUT2D eigenvalue weighted by Gasteiger charge is -2.32. The van der Waals surface area contributed by atoms with Crippen LogP contribution in [-0.2, 0) is 11.2 Å². The van der Waals surface area contributed by atoms with Crippen molar-refractivity contribution in [1.29, 1.82) is 0 Å². The second kappa shape index (κ2) is 9.51. The molecule has 0 aliphatic carbocycles. The fourth-order valence-corrected chi connectivity index (χ4v) is 5.31. The van der Waals surface area contributed by atoms with Gasteiger partial charge in [-0.15, -0.1) is 0 Å². The van der Waals surface area contributed by atoms with Crippen LogP contribution in [0.3, 0.4) is 0 Å². The first-order valence-corrected chi connectivity index (χ1v) is 12.2. The summed E-state index contributed by atoms with van der Waals surface area (Å²) in [7, 11) is 2.08. The minimum atomic E-state index is 0.0103. The molecule has 0 saturated carbocycles. The Balaban J connectivity index is 1.19. The van der Waals surface area contributed by atoms with Gasteiger partial charge in [-0.05, 0) is 50.1 Å². The molecule has 2 fully saturated rings. The molecule has 0 spiro atoms. The summed E-state index contributed by atoms with van der Waals surface area (Å²) in [4.78, 5) is 39.0. The third kappa shape index (κ3) is 4.60. The Morgan fingerprint density at radius 1 is 1.00 bits per heavy atom. The quantitative estimate of drug-likeness (QED) is 0.705. The molecule has 3 aliphatic heterocycles. The smallest absolute Gasteiger partial charge is 0.255 e. The van der Waals surface area contributed by atoms with Crippen LogP contribution in [0.25, 0.3) is 0 Å². The SMILES string of the molecule is CN1CCN(C(=O)c2ccc(C3CCCN3C(=O)CCN3CCc4ccccc43)nc2)CC1. The highest BCUT2D eigenvalue weighted by Gasteiger charge is 2.31. The van der Waals surface area contributed by atoms with Crippen LogP contribution in [-0.4, -0.2) is 84.4 Å². The largest absolute Gasteiger partial charge is 0.370 e. The van der Waals surface area contributed by atoms with Crippen LogP contribution in [0.1, 0.15) is 46.9 Å². The van der Waals surface area contributed by atoms with Crippen molar-refractivity contribution in [3.8, 4) is 0 Å². The maximum atomic E-state index is 13.1. The number of carbonyl (C=O) groups is 2. The van der Waals surface area contributed by atoms with Gasteiger partial charge in [0.15, 0.2) is 0 Å². The van der Waals surface area contributed by atoms with Crippen LogP contribution in [0.4, 0.5) is 5.69 Å². The number of amides is 2. The van der Waals surface area contributed by atoms with Gasteiger partial charge in [-0.3, -0.25) is 14.6 Å². The van der Waals surface area contributed by atoms with Crippen molar-refractivity contribution in [1.82, 2.24) is 19.7 Å². The molecular weight excluding hydrogens is 414 g/mol. The predicted octanol–water partition coefficient (Wildman–Crippen LogP) is 2.59. The van der Waals surface area contributed by atoms with Crippen LogP contribution < -0.4 is 4.90 Å². The number of likely N-dealkylation sites (N-methyl/N-ethyl adjacent to an activating group) is 1. The van der Waals surface area contributed by atoms with E-state index in [1.54, 1.807) is 6.20 Å². The Kier molecular flexibility index (Phi) is 6.31. The molecule has 0 N–H and O–H groups in total. The van der Waals surface area contributed by atoms with Crippen molar-refractivity contribution in [2.24, 2.45) is 0 Å². The lowest BCUT2D eigenvalue weighted by Crippen LogP contribution is -2.47. The zero-order valence-electron chi connectivity index (χ0n) is 19.4. The molecule has 1 aromatic carbocycles. The van der Waals surface area contributed by atoms with Crippen molar-refractivity contribution in [2.75, 3.05) is 57.8 Å². The number of rotatable bonds is 5. The molecule has 5 rings (SSSR count). The van der Waals surface area contributed by atoms with E-state index in [4.69, 9.17) is 0 Å². The van der Waals surface area contributed by atoms with Crippen LogP contribution in [0.2, 0.25) is 0 Å². The molecule has 2 aromatic rings. The lowest BCUT2D eigenvalue weighted by atomic mass is 10.1. The van der Waals surface area contributed by atoms with E-state index in [2.05, 4.69) is 46.1 Å². The fourth-order valence-electron chi connectivity index (χ4n) is 5.31. The molecule has 7 heteroatoms. The summed E-state index contributed by atoms with van der Waals surface area (Å²) in [5.74, 6) is 0.244. The molecule has 2 amide bonds. The van der Waals surface area contributed by atoms with Crippen LogP contribution >= 0.6 is 0 Å². The first-order valence-electron chi connectivity index (χ1n) is 12.2. The average Bonchev–Trinajstić information content (AvgIpc) is 3.50. The monoisotopic (exact) mass is 447 g/mol. The summed E-state index contributed by atoms with van der Waals surface area (Å²) < 4.78 is 0. The van der Waals surface area contributed by atoms with Crippen LogP contribution in [0, 0.1) is 0 Å². The molecule has 1 atom stereocenters. The van der Waals surface area contributed by atoms with Crippen molar-refractivity contribution >= 4 is 17.5 Å². The number of benzene rings is 1. The van der Waals surface area contributed by atoms with E-state index in [1.165, 1.54) is 11.3 Å². The number of anilines is 1. The van der Waals surface area contributed by atoms with Gasteiger partial charge in [-0.25, -0.2) is 0 Å². The predicted molar refractivity (Wildman–Crippen MR) is 128 cm³/mol. The normalized spacial score (nSPS) is 20.9. The first-order chi connectivity index (χ1) is 16.1. The summed E-state index contributed by atoms with van der Waals surface area (Å²) in [6, 6.07) is 12.3. The minimum absolute atomic E-state index is 0.0103. The Labute approximate surface area is 196 Å². The van der Waals surface area contributed by atoms with Crippen LogP contribution in [0.5, 0.6) is 0 Å². The maximum Gasteiger partial charge on any atom is 0.255 e. The summed E-state index contributed by atoms with van der Waals surface area (Å²) >= 11 is 0. The average molecular weight is 448 g/mol. The van der Waals surface area contributed by atoms with Crippen molar-refractivity contribution in [2.45, 2.75) is 31.7 Å². The Bertz CT molecular complexity index is 1000. The molecule has 0 bridgehead atoms. The third-order valence-corrected chi connectivity index (χ3v) is 7.32. The number of piperazine rings is 1. The maximum absolute atomic E-state index is 13.1. The molecule has 2 saturated heterocycles. The Morgan fingerprint density at radius 3 is 2.61 bits per heavy atom. The van der Waals surface area contributed by atoms with Gasteiger partial charge in [-0.2, -0.15) is 0 Å². The first kappa shape index (κ1) is 21.9. The van der Waals surface area contributed by atoms with E-state index in [-0.39, 0.29) is 17.9 Å². The van der Waals surface area contributed by atoms with Gasteiger partial charge in [-0.1, -0.05) is 18.2 Å². The highest BCUT2D eigenvalue weighted by Crippen LogP contribution is 2.32. The van der Waals surface area contributed by atoms with Gasteiger partial charge >= 0.3 is 0 Å². The van der Waals surface area contributed by atoms with Gasteiger partial charge in [0, 0.05) is 64.1 Å². The third-order valence-electron chi connectivity index (χ3n) is 7.32. The van der Waals surface area contributed by atoms with E-state index >= 15 is 0 Å². The number of nitrogens with zero attached hydrogens (tertiary/aromatic N) is 5. The number of aromatic nitrogens is 1. The number of carbonyl (C=O) groups excluding carboxylic acids is 2. The molecular formula is C26H33N5O2. The number of hydrogen-bond donors (Lipinski definition) is 0. The zero-order chi connectivity index (χ0) is 22.8. The summed E-state index contributed by atoms with van der Waals surface area (Å²) in [5, 5.41) is 0. The number of likely N-dealkylation sites (tertiary alicyclic amines) is 1. The molecule has 1 unspecified atom stereocenters. The number of fused-ring (bicyclic) bond motifs is 1. The highest BCUT2D eigenvalue weighted by molar-refractivity contribution is 5.94. The van der Waals surface area contributed by atoms with Gasteiger partial charge in [0.25, 0.3) is 5.91 Å². The Hall–Kier alpha value is -2.93. The van der Waals surface area contributed by atoms with E-state index in [0.29, 0.717) is 12.0 Å². The van der Waals surface area contributed by atoms with E-state index in [0.717, 1.165) is 70.8 Å².